The van der Waals surface area contributed by atoms with E-state index in [1.807, 2.05) is 6.92 Å². The highest BCUT2D eigenvalue weighted by Gasteiger charge is 1.99. The van der Waals surface area contributed by atoms with Crippen LogP contribution in [0.15, 0.2) is 0 Å². The van der Waals surface area contributed by atoms with E-state index in [9.17, 15) is 0 Å². The van der Waals surface area contributed by atoms with Gasteiger partial charge in [-0.15, -0.1) is 0 Å². The molecule has 0 aliphatic rings. The van der Waals surface area contributed by atoms with Gasteiger partial charge in [0, 0.05) is 13.2 Å². The van der Waals surface area contributed by atoms with E-state index in [2.05, 4.69) is 20.8 Å². The Bertz CT molecular complexity index is 613. The van der Waals surface area contributed by atoms with Gasteiger partial charge in [-0.3, -0.25) is 0 Å². The van der Waals surface area contributed by atoms with E-state index in [1.165, 1.54) is 308 Å². The van der Waals surface area contributed by atoms with Crippen LogP contribution in [0.5, 0.6) is 0 Å². The van der Waals surface area contributed by atoms with Crippen molar-refractivity contribution in [2.24, 2.45) is 0 Å². The SMILES string of the molecule is CCCCCCCCCCCCCCCCCCC(C)O.CCCCCCCCCCCCCCCCCCOCCCCCCCCCCCCCCCCCC. The number of hydrogen-bond donors (Lipinski definition) is 1. The summed E-state index contributed by atoms with van der Waals surface area (Å²) >= 11 is 0. The molecule has 2 heteroatoms. The van der Waals surface area contributed by atoms with Crippen molar-refractivity contribution >= 4 is 0 Å². The summed E-state index contributed by atoms with van der Waals surface area (Å²) < 4.78 is 5.87. The second-order valence-corrected chi connectivity index (χ2v) is 19.2. The third-order valence-corrected chi connectivity index (χ3v) is 12.8. The molecule has 0 aromatic rings. The Morgan fingerprint density at radius 3 is 0.569 bits per heavy atom. The Morgan fingerprint density at radius 1 is 0.241 bits per heavy atom. The van der Waals surface area contributed by atoms with Gasteiger partial charge >= 0.3 is 0 Å². The summed E-state index contributed by atoms with van der Waals surface area (Å²) in [4.78, 5) is 0. The molecule has 0 aliphatic carbocycles. The Balaban J connectivity index is 0. The number of aliphatic hydroxyl groups is 1. The lowest BCUT2D eigenvalue weighted by atomic mass is 10.0. The first-order valence-corrected chi connectivity index (χ1v) is 27.9. The van der Waals surface area contributed by atoms with Gasteiger partial charge in [-0.25, -0.2) is 0 Å². The molecule has 0 aliphatic heterocycles. The molecular formula is C56H116O2. The van der Waals surface area contributed by atoms with Crippen LogP contribution in [0.25, 0.3) is 0 Å². The first-order valence-electron chi connectivity index (χ1n) is 27.9. The predicted molar refractivity (Wildman–Crippen MR) is 266 cm³/mol. The zero-order valence-electron chi connectivity index (χ0n) is 41.5. The first kappa shape index (κ1) is 60.0. The fourth-order valence-corrected chi connectivity index (χ4v) is 8.59. The fourth-order valence-electron chi connectivity index (χ4n) is 8.59. The maximum atomic E-state index is 9.17. The van der Waals surface area contributed by atoms with Crippen LogP contribution in [0.1, 0.15) is 342 Å². The van der Waals surface area contributed by atoms with E-state index in [0.717, 1.165) is 19.6 Å². The number of unbranched alkanes of at least 4 members (excludes halogenated alkanes) is 45. The molecule has 1 unspecified atom stereocenters. The molecule has 0 saturated carbocycles. The molecule has 0 fully saturated rings. The van der Waals surface area contributed by atoms with Gasteiger partial charge in [-0.1, -0.05) is 316 Å². The Morgan fingerprint density at radius 2 is 0.397 bits per heavy atom. The first-order chi connectivity index (χ1) is 28.7. The molecule has 2 nitrogen and oxygen atoms in total. The lowest BCUT2D eigenvalue weighted by molar-refractivity contribution is 0.125. The van der Waals surface area contributed by atoms with E-state index < -0.39 is 0 Å². The topological polar surface area (TPSA) is 29.5 Å². The Labute approximate surface area is 370 Å². The molecule has 0 amide bonds. The highest BCUT2D eigenvalue weighted by molar-refractivity contribution is 4.54. The van der Waals surface area contributed by atoms with E-state index in [-0.39, 0.29) is 6.10 Å². The molecular weight excluding hydrogens is 705 g/mol. The average molecular weight is 822 g/mol. The highest BCUT2D eigenvalue weighted by atomic mass is 16.5. The second-order valence-electron chi connectivity index (χ2n) is 19.2. The molecule has 58 heavy (non-hydrogen) atoms. The summed E-state index contributed by atoms with van der Waals surface area (Å²) in [6, 6.07) is 0. The Kier molecular flexibility index (Phi) is 61.1. The summed E-state index contributed by atoms with van der Waals surface area (Å²) in [5, 5.41) is 9.17. The maximum absolute atomic E-state index is 9.17. The zero-order chi connectivity index (χ0) is 42.3. The van der Waals surface area contributed by atoms with Gasteiger partial charge in [0.25, 0.3) is 0 Å². The van der Waals surface area contributed by atoms with Gasteiger partial charge in [-0.2, -0.15) is 0 Å². The minimum atomic E-state index is -0.100. The fraction of sp³-hybridized carbons (Fsp3) is 1.00. The minimum Gasteiger partial charge on any atom is -0.393 e. The number of rotatable bonds is 51. The predicted octanol–water partition coefficient (Wildman–Crippen LogP) is 20.5. The standard InChI is InChI=1S/C36H74O.C20H42O/c1-3-5-7-9-11-13-15-17-19-21-23-25-27-29-31-33-35-37-36-34-32-30-28-26-24-22-20-18-16-14-12-10-8-6-4-2;1-3-4-5-6-7-8-9-10-11-12-13-14-15-16-17-18-19-20(2)21/h3-36H2,1-2H3;20-21H,3-19H2,1-2H3. The quantitative estimate of drug-likeness (QED) is 0.0620. The van der Waals surface area contributed by atoms with Crippen molar-refractivity contribution in [2.75, 3.05) is 13.2 Å². The summed E-state index contributed by atoms with van der Waals surface area (Å²) in [5.41, 5.74) is 0. The van der Waals surface area contributed by atoms with Crippen LogP contribution in [-0.4, -0.2) is 24.4 Å². The lowest BCUT2D eigenvalue weighted by Crippen LogP contribution is -1.98. The van der Waals surface area contributed by atoms with Crippen molar-refractivity contribution < 1.29 is 9.84 Å². The van der Waals surface area contributed by atoms with Gasteiger partial charge in [0.2, 0.25) is 0 Å². The molecule has 0 bridgehead atoms. The minimum absolute atomic E-state index is 0.100. The van der Waals surface area contributed by atoms with Crippen molar-refractivity contribution in [3.8, 4) is 0 Å². The number of ether oxygens (including phenoxy) is 1. The molecule has 0 aromatic heterocycles. The number of aliphatic hydroxyl groups excluding tert-OH is 1. The van der Waals surface area contributed by atoms with E-state index >= 15 is 0 Å². The molecule has 1 N–H and O–H groups in total. The van der Waals surface area contributed by atoms with Crippen LogP contribution >= 0.6 is 0 Å². The third-order valence-electron chi connectivity index (χ3n) is 12.8. The van der Waals surface area contributed by atoms with E-state index in [0.29, 0.717) is 0 Å². The summed E-state index contributed by atoms with van der Waals surface area (Å²) in [7, 11) is 0. The third kappa shape index (κ3) is 62.6. The summed E-state index contributed by atoms with van der Waals surface area (Å²) in [5.74, 6) is 0. The van der Waals surface area contributed by atoms with Gasteiger partial charge in [-0.05, 0) is 26.2 Å². The lowest BCUT2D eigenvalue weighted by Gasteiger charge is -2.06. The molecule has 352 valence electrons. The molecule has 0 saturated heterocycles. The zero-order valence-corrected chi connectivity index (χ0v) is 41.5. The molecule has 1 atom stereocenters. The van der Waals surface area contributed by atoms with Gasteiger partial charge in [0.15, 0.2) is 0 Å². The van der Waals surface area contributed by atoms with Crippen LogP contribution in [0.2, 0.25) is 0 Å². The van der Waals surface area contributed by atoms with Crippen LogP contribution in [0.4, 0.5) is 0 Å². The molecule has 0 rings (SSSR count). The smallest absolute Gasteiger partial charge is 0.0512 e. The molecule has 0 aromatic carbocycles. The monoisotopic (exact) mass is 821 g/mol. The maximum Gasteiger partial charge on any atom is 0.0512 e. The van der Waals surface area contributed by atoms with Crippen LogP contribution in [-0.2, 0) is 4.74 Å². The van der Waals surface area contributed by atoms with Gasteiger partial charge < -0.3 is 9.84 Å². The Hall–Kier alpha value is -0.0800. The van der Waals surface area contributed by atoms with E-state index in [4.69, 9.17) is 9.84 Å². The summed E-state index contributed by atoms with van der Waals surface area (Å²) in [6.45, 7) is 10.8. The van der Waals surface area contributed by atoms with Crippen molar-refractivity contribution in [2.45, 2.75) is 348 Å². The number of hydrogen-bond acceptors (Lipinski definition) is 2. The van der Waals surface area contributed by atoms with Crippen molar-refractivity contribution in [3.05, 3.63) is 0 Å². The van der Waals surface area contributed by atoms with Crippen LogP contribution in [0.3, 0.4) is 0 Å². The van der Waals surface area contributed by atoms with Gasteiger partial charge in [0.1, 0.15) is 0 Å². The van der Waals surface area contributed by atoms with Gasteiger partial charge in [0.05, 0.1) is 6.10 Å². The second kappa shape index (κ2) is 59.0. The van der Waals surface area contributed by atoms with Crippen LogP contribution in [0, 0.1) is 0 Å². The normalized spacial score (nSPS) is 11.9. The average Bonchev–Trinajstić information content (AvgIpc) is 3.22. The largest absolute Gasteiger partial charge is 0.393 e. The van der Waals surface area contributed by atoms with E-state index in [1.54, 1.807) is 0 Å². The highest BCUT2D eigenvalue weighted by Crippen LogP contribution is 2.17. The van der Waals surface area contributed by atoms with Crippen molar-refractivity contribution in [1.82, 2.24) is 0 Å². The molecule has 0 radical (unpaired) electrons. The molecule has 0 heterocycles. The van der Waals surface area contributed by atoms with Crippen molar-refractivity contribution in [3.63, 3.8) is 0 Å². The van der Waals surface area contributed by atoms with Crippen LogP contribution < -0.4 is 0 Å². The van der Waals surface area contributed by atoms with Crippen molar-refractivity contribution in [1.29, 1.82) is 0 Å². The molecule has 0 spiro atoms. The summed E-state index contributed by atoms with van der Waals surface area (Å²) in [6.07, 6.45) is 69.5.